The Hall–Kier alpha value is -2.07. The number of hydrogen-bond donors (Lipinski definition) is 0. The zero-order chi connectivity index (χ0) is 14.1. The molecule has 1 radical (unpaired) electrons. The molecular formula is C16H18N3O. The number of pyridine rings is 1. The van der Waals surface area contributed by atoms with Crippen molar-refractivity contribution >= 4 is 22.8 Å². The van der Waals surface area contributed by atoms with Crippen LogP contribution in [-0.4, -0.2) is 42.7 Å². The highest BCUT2D eigenvalue weighted by atomic mass is 16.1. The van der Waals surface area contributed by atoms with Gasteiger partial charge in [0, 0.05) is 49.6 Å². The molecule has 3 rings (SSSR count). The third-order valence-corrected chi connectivity index (χ3v) is 3.90. The Balaban J connectivity index is 2.06. The van der Waals surface area contributed by atoms with Gasteiger partial charge in [0.1, 0.15) is 0 Å². The SMILES string of the molecule is C=Cn1c[c]c(=O)c2ccc(N3CCN(C)CC3)cc21. The normalized spacial score (nSPS) is 16.6. The van der Waals surface area contributed by atoms with E-state index in [2.05, 4.69) is 35.6 Å². The molecule has 1 aliphatic rings. The van der Waals surface area contributed by atoms with Gasteiger partial charge in [-0.05, 0) is 25.2 Å². The van der Waals surface area contributed by atoms with Crippen molar-refractivity contribution in [3.63, 3.8) is 0 Å². The highest BCUT2D eigenvalue weighted by Gasteiger charge is 2.15. The monoisotopic (exact) mass is 268 g/mol. The maximum atomic E-state index is 11.9. The lowest BCUT2D eigenvalue weighted by molar-refractivity contribution is 0.313. The minimum absolute atomic E-state index is 0.0666. The molecule has 1 aromatic carbocycles. The van der Waals surface area contributed by atoms with E-state index < -0.39 is 0 Å². The minimum atomic E-state index is -0.0666. The zero-order valence-corrected chi connectivity index (χ0v) is 11.7. The van der Waals surface area contributed by atoms with Crippen LogP contribution < -0.4 is 10.3 Å². The van der Waals surface area contributed by atoms with Gasteiger partial charge in [0.25, 0.3) is 0 Å². The van der Waals surface area contributed by atoms with E-state index in [9.17, 15) is 4.79 Å². The fourth-order valence-electron chi connectivity index (χ4n) is 2.61. The predicted octanol–water partition coefficient (Wildman–Crippen LogP) is 1.65. The van der Waals surface area contributed by atoms with Crippen LogP contribution in [0.25, 0.3) is 17.1 Å². The van der Waals surface area contributed by atoms with E-state index in [0.717, 1.165) is 37.4 Å². The van der Waals surface area contributed by atoms with E-state index in [4.69, 9.17) is 0 Å². The molecule has 1 fully saturated rings. The molecule has 103 valence electrons. The summed E-state index contributed by atoms with van der Waals surface area (Å²) in [6, 6.07) is 8.70. The first-order chi connectivity index (χ1) is 9.69. The van der Waals surface area contributed by atoms with Crippen LogP contribution >= 0.6 is 0 Å². The van der Waals surface area contributed by atoms with Gasteiger partial charge in [-0.25, -0.2) is 0 Å². The van der Waals surface area contributed by atoms with Crippen molar-refractivity contribution in [2.75, 3.05) is 38.1 Å². The second-order valence-corrected chi connectivity index (χ2v) is 5.18. The van der Waals surface area contributed by atoms with Crippen molar-refractivity contribution in [1.29, 1.82) is 0 Å². The Morgan fingerprint density at radius 1 is 1.25 bits per heavy atom. The Morgan fingerprint density at radius 2 is 2.00 bits per heavy atom. The lowest BCUT2D eigenvalue weighted by Gasteiger charge is -2.34. The van der Waals surface area contributed by atoms with Crippen LogP contribution in [0.3, 0.4) is 0 Å². The van der Waals surface area contributed by atoms with E-state index in [0.29, 0.717) is 5.39 Å². The molecule has 4 nitrogen and oxygen atoms in total. The summed E-state index contributed by atoms with van der Waals surface area (Å²) < 4.78 is 1.84. The average Bonchev–Trinajstić information content (AvgIpc) is 2.48. The van der Waals surface area contributed by atoms with Gasteiger partial charge in [0.05, 0.1) is 11.6 Å². The number of fused-ring (bicyclic) bond motifs is 1. The smallest absolute Gasteiger partial charge is 0.197 e. The van der Waals surface area contributed by atoms with Crippen molar-refractivity contribution in [2.24, 2.45) is 0 Å². The van der Waals surface area contributed by atoms with Crippen LogP contribution in [0.1, 0.15) is 0 Å². The van der Waals surface area contributed by atoms with E-state index in [1.165, 1.54) is 0 Å². The molecule has 0 bridgehead atoms. The Kier molecular flexibility index (Phi) is 3.32. The van der Waals surface area contributed by atoms with Gasteiger partial charge >= 0.3 is 0 Å². The maximum absolute atomic E-state index is 11.9. The molecule has 4 heteroatoms. The molecule has 2 aromatic rings. The van der Waals surface area contributed by atoms with Gasteiger partial charge in [0.2, 0.25) is 0 Å². The Labute approximate surface area is 118 Å². The largest absolute Gasteiger partial charge is 0.369 e. The molecule has 2 heterocycles. The highest BCUT2D eigenvalue weighted by Crippen LogP contribution is 2.21. The number of piperazine rings is 1. The number of nitrogens with zero attached hydrogens (tertiary/aromatic N) is 3. The first-order valence-electron chi connectivity index (χ1n) is 6.81. The third kappa shape index (κ3) is 2.23. The summed E-state index contributed by atoms with van der Waals surface area (Å²) in [5, 5.41) is 0.685. The van der Waals surface area contributed by atoms with Crippen LogP contribution in [0.2, 0.25) is 0 Å². The third-order valence-electron chi connectivity index (χ3n) is 3.90. The van der Waals surface area contributed by atoms with Gasteiger partial charge in [-0.3, -0.25) is 4.79 Å². The van der Waals surface area contributed by atoms with E-state index in [-0.39, 0.29) is 5.43 Å². The summed E-state index contributed by atoms with van der Waals surface area (Å²) in [7, 11) is 2.14. The summed E-state index contributed by atoms with van der Waals surface area (Å²) in [6.07, 6.45) is 3.34. The molecule has 1 saturated heterocycles. The maximum Gasteiger partial charge on any atom is 0.197 e. The summed E-state index contributed by atoms with van der Waals surface area (Å²) in [5.41, 5.74) is 1.98. The number of rotatable bonds is 2. The van der Waals surface area contributed by atoms with Crippen molar-refractivity contribution in [2.45, 2.75) is 0 Å². The lowest BCUT2D eigenvalue weighted by Crippen LogP contribution is -2.44. The number of benzene rings is 1. The summed E-state index contributed by atoms with van der Waals surface area (Å²) in [6.45, 7) is 7.94. The Bertz CT molecular complexity index is 696. The predicted molar refractivity (Wildman–Crippen MR) is 83.1 cm³/mol. The standard InChI is InChI=1S/C16H18N3O/c1-3-18-7-6-16(20)14-5-4-13(12-15(14)18)19-10-8-17(2)9-11-19/h3-5,7,12H,1,8-11H2,2H3. The number of aromatic nitrogens is 1. The van der Waals surface area contributed by atoms with E-state index in [1.54, 1.807) is 12.4 Å². The summed E-state index contributed by atoms with van der Waals surface area (Å²) in [4.78, 5) is 16.5. The summed E-state index contributed by atoms with van der Waals surface area (Å²) in [5.74, 6) is 0. The van der Waals surface area contributed by atoms with Crippen LogP contribution in [0, 0.1) is 6.07 Å². The van der Waals surface area contributed by atoms with Crippen molar-refractivity contribution in [3.8, 4) is 0 Å². The van der Waals surface area contributed by atoms with Crippen LogP contribution in [-0.2, 0) is 0 Å². The first-order valence-corrected chi connectivity index (χ1v) is 6.81. The number of likely N-dealkylation sites (N-methyl/N-ethyl adjacent to an activating group) is 1. The molecule has 1 aliphatic heterocycles. The van der Waals surface area contributed by atoms with Crippen molar-refractivity contribution < 1.29 is 0 Å². The molecule has 1 aromatic heterocycles. The molecule has 0 N–H and O–H groups in total. The minimum Gasteiger partial charge on any atom is -0.369 e. The van der Waals surface area contributed by atoms with Crippen LogP contribution in [0.4, 0.5) is 5.69 Å². The second-order valence-electron chi connectivity index (χ2n) is 5.18. The van der Waals surface area contributed by atoms with Gasteiger partial charge in [-0.1, -0.05) is 6.58 Å². The fraction of sp³-hybridized carbons (Fsp3) is 0.312. The van der Waals surface area contributed by atoms with Crippen LogP contribution in [0.5, 0.6) is 0 Å². The van der Waals surface area contributed by atoms with Crippen molar-refractivity contribution in [1.82, 2.24) is 9.47 Å². The Morgan fingerprint density at radius 3 is 2.70 bits per heavy atom. The summed E-state index contributed by atoms with van der Waals surface area (Å²) >= 11 is 0. The highest BCUT2D eigenvalue weighted by molar-refractivity contribution is 5.84. The molecule has 0 atom stereocenters. The van der Waals surface area contributed by atoms with Crippen molar-refractivity contribution in [3.05, 3.63) is 47.3 Å². The molecule has 0 aliphatic carbocycles. The average molecular weight is 268 g/mol. The molecular weight excluding hydrogens is 250 g/mol. The number of anilines is 1. The molecule has 0 unspecified atom stereocenters. The topological polar surface area (TPSA) is 28.5 Å². The van der Waals surface area contributed by atoms with E-state index >= 15 is 0 Å². The number of hydrogen-bond acceptors (Lipinski definition) is 3. The second kappa shape index (κ2) is 5.13. The molecule has 0 amide bonds. The first kappa shape index (κ1) is 12.9. The van der Waals surface area contributed by atoms with E-state index in [1.807, 2.05) is 16.7 Å². The van der Waals surface area contributed by atoms with Crippen LogP contribution in [0.15, 0.2) is 35.8 Å². The molecule has 0 saturated carbocycles. The van der Waals surface area contributed by atoms with Gasteiger partial charge in [-0.2, -0.15) is 0 Å². The lowest BCUT2D eigenvalue weighted by atomic mass is 10.1. The zero-order valence-electron chi connectivity index (χ0n) is 11.7. The van der Waals surface area contributed by atoms with Gasteiger partial charge in [-0.15, -0.1) is 0 Å². The molecule has 0 spiro atoms. The fourth-order valence-corrected chi connectivity index (χ4v) is 2.61. The van der Waals surface area contributed by atoms with Gasteiger partial charge < -0.3 is 14.4 Å². The quantitative estimate of drug-likeness (QED) is 0.829. The van der Waals surface area contributed by atoms with Gasteiger partial charge in [0.15, 0.2) is 5.43 Å². The molecule has 20 heavy (non-hydrogen) atoms.